The molecule has 0 bridgehead atoms. The molecule has 1 saturated carbocycles. The Kier molecular flexibility index (Phi) is 11.1. The second-order valence-corrected chi connectivity index (χ2v) is 7.67. The highest BCUT2D eigenvalue weighted by Gasteiger charge is 2.23. The van der Waals surface area contributed by atoms with Crippen molar-refractivity contribution >= 4 is 29.9 Å². The van der Waals surface area contributed by atoms with Gasteiger partial charge in [-0.15, -0.1) is 24.0 Å². The molecule has 2 aliphatic rings. The summed E-state index contributed by atoms with van der Waals surface area (Å²) in [5, 5.41) is 3.51. The van der Waals surface area contributed by atoms with Crippen molar-refractivity contribution in [3.63, 3.8) is 0 Å². The largest absolute Gasteiger partial charge is 0.493 e. The number of nitrogens with one attached hydrogen (secondary N) is 1. The average molecular weight is 517 g/mol. The van der Waals surface area contributed by atoms with Crippen LogP contribution in [-0.2, 0) is 16.0 Å². The van der Waals surface area contributed by atoms with Gasteiger partial charge in [-0.2, -0.15) is 0 Å². The van der Waals surface area contributed by atoms with Crippen LogP contribution in [0.15, 0.2) is 29.3 Å². The predicted molar refractivity (Wildman–Crippen MR) is 127 cm³/mol. The number of ether oxygens (including phenoxy) is 3. The van der Waals surface area contributed by atoms with Gasteiger partial charge in [0.15, 0.2) is 5.96 Å². The Bertz CT molecular complexity index is 617. The number of para-hydroxylation sites is 1. The van der Waals surface area contributed by atoms with Gasteiger partial charge in [-0.3, -0.25) is 4.99 Å². The molecule has 1 aliphatic heterocycles. The van der Waals surface area contributed by atoms with Crippen molar-refractivity contribution in [3.05, 3.63) is 29.8 Å². The molecule has 1 aromatic rings. The summed E-state index contributed by atoms with van der Waals surface area (Å²) in [5.41, 5.74) is 1.18. The van der Waals surface area contributed by atoms with Crippen LogP contribution in [0.25, 0.3) is 0 Å². The first-order valence-corrected chi connectivity index (χ1v) is 10.6. The van der Waals surface area contributed by atoms with Crippen LogP contribution in [0.2, 0.25) is 0 Å². The smallest absolute Gasteiger partial charge is 0.193 e. The zero-order chi connectivity index (χ0) is 19.6. The lowest BCUT2D eigenvalue weighted by Gasteiger charge is -2.34. The molecule has 1 N–H and O–H groups in total. The van der Waals surface area contributed by atoms with E-state index in [9.17, 15) is 0 Å². The third-order valence-electron chi connectivity index (χ3n) is 5.38. The van der Waals surface area contributed by atoms with Crippen LogP contribution >= 0.6 is 24.0 Å². The Labute approximate surface area is 192 Å². The maximum absolute atomic E-state index is 6.02. The van der Waals surface area contributed by atoms with Crippen LogP contribution in [0.3, 0.4) is 0 Å². The number of nitrogens with zero attached hydrogens (tertiary/aromatic N) is 2. The summed E-state index contributed by atoms with van der Waals surface area (Å²) in [4.78, 5) is 6.81. The fourth-order valence-electron chi connectivity index (χ4n) is 3.48. The summed E-state index contributed by atoms with van der Waals surface area (Å²) in [6, 6.07) is 8.30. The van der Waals surface area contributed by atoms with E-state index < -0.39 is 0 Å². The lowest BCUT2D eigenvalue weighted by atomic mass is 10.1. The molecule has 29 heavy (non-hydrogen) atoms. The van der Waals surface area contributed by atoms with Crippen molar-refractivity contribution < 1.29 is 14.2 Å². The SMILES string of the molecule is CN=C(NCc1ccccc1OCC1CC1)N1CCC(OCCCOC)CC1.I. The number of piperidine rings is 1. The Balaban J connectivity index is 0.00000300. The van der Waals surface area contributed by atoms with Crippen LogP contribution in [0.5, 0.6) is 5.75 Å². The molecule has 0 radical (unpaired) electrons. The van der Waals surface area contributed by atoms with Crippen LogP contribution in [0.1, 0.15) is 37.7 Å². The summed E-state index contributed by atoms with van der Waals surface area (Å²) < 4.78 is 17.1. The standard InChI is InChI=1S/C22H35N3O3.HI/c1-23-22(25-12-10-20(11-13-25)27-15-5-14-26-2)24-16-19-6-3-4-7-21(19)28-17-18-8-9-18;/h3-4,6-7,18,20H,5,8-17H2,1-2H3,(H,23,24);1H. The second-order valence-electron chi connectivity index (χ2n) is 7.67. The number of likely N-dealkylation sites (tertiary alicyclic amines) is 1. The first-order chi connectivity index (χ1) is 13.8. The summed E-state index contributed by atoms with van der Waals surface area (Å²) in [6.45, 7) is 5.04. The molecule has 3 rings (SSSR count). The van der Waals surface area contributed by atoms with Gasteiger partial charge in [-0.25, -0.2) is 0 Å². The summed E-state index contributed by atoms with van der Waals surface area (Å²) in [5.74, 6) is 2.70. The highest BCUT2D eigenvalue weighted by molar-refractivity contribution is 14.0. The summed E-state index contributed by atoms with van der Waals surface area (Å²) in [6.07, 6.45) is 5.99. The minimum absolute atomic E-state index is 0. The molecule has 0 atom stereocenters. The molecule has 164 valence electrons. The quantitative estimate of drug-likeness (QED) is 0.222. The fourth-order valence-corrected chi connectivity index (χ4v) is 3.48. The summed E-state index contributed by atoms with van der Waals surface area (Å²) in [7, 11) is 3.58. The lowest BCUT2D eigenvalue weighted by Crippen LogP contribution is -2.46. The van der Waals surface area contributed by atoms with Crippen molar-refractivity contribution in [2.24, 2.45) is 10.9 Å². The maximum atomic E-state index is 6.02. The molecule has 0 aromatic heterocycles. The molecule has 6 nitrogen and oxygen atoms in total. The maximum Gasteiger partial charge on any atom is 0.193 e. The monoisotopic (exact) mass is 517 g/mol. The van der Waals surface area contributed by atoms with Gasteiger partial charge < -0.3 is 24.4 Å². The Hall–Kier alpha value is -1.06. The van der Waals surface area contributed by atoms with Gasteiger partial charge in [0.2, 0.25) is 0 Å². The fraction of sp³-hybridized carbons (Fsp3) is 0.682. The van der Waals surface area contributed by atoms with E-state index in [4.69, 9.17) is 14.2 Å². The van der Waals surface area contributed by atoms with Crippen molar-refractivity contribution in [1.82, 2.24) is 10.2 Å². The Morgan fingerprint density at radius 2 is 1.90 bits per heavy atom. The van der Waals surface area contributed by atoms with E-state index in [1.807, 2.05) is 13.1 Å². The molecule has 0 spiro atoms. The zero-order valence-electron chi connectivity index (χ0n) is 17.8. The highest BCUT2D eigenvalue weighted by atomic mass is 127. The first-order valence-electron chi connectivity index (χ1n) is 10.6. The van der Waals surface area contributed by atoms with Crippen LogP contribution in [0, 0.1) is 5.92 Å². The third kappa shape index (κ3) is 8.30. The molecule has 0 amide bonds. The van der Waals surface area contributed by atoms with E-state index in [0.717, 1.165) is 76.3 Å². The van der Waals surface area contributed by atoms with Gasteiger partial charge in [0.25, 0.3) is 0 Å². The van der Waals surface area contributed by atoms with Gasteiger partial charge in [0.05, 0.1) is 12.7 Å². The van der Waals surface area contributed by atoms with E-state index in [2.05, 4.69) is 33.4 Å². The van der Waals surface area contributed by atoms with Gasteiger partial charge in [-0.1, -0.05) is 18.2 Å². The Morgan fingerprint density at radius 3 is 2.59 bits per heavy atom. The van der Waals surface area contributed by atoms with Gasteiger partial charge >= 0.3 is 0 Å². The van der Waals surface area contributed by atoms with Gasteiger partial charge in [0, 0.05) is 52.6 Å². The number of rotatable bonds is 10. The van der Waals surface area contributed by atoms with E-state index >= 15 is 0 Å². The van der Waals surface area contributed by atoms with E-state index in [1.165, 1.54) is 18.4 Å². The minimum atomic E-state index is 0. The van der Waals surface area contributed by atoms with Crippen molar-refractivity contribution in [2.75, 3.05) is 47.1 Å². The first kappa shape index (κ1) is 24.2. The Morgan fingerprint density at radius 1 is 1.14 bits per heavy atom. The highest BCUT2D eigenvalue weighted by Crippen LogP contribution is 2.30. The number of benzene rings is 1. The van der Waals surface area contributed by atoms with Crippen LogP contribution in [-0.4, -0.2) is 64.0 Å². The molecular formula is C22H36IN3O3. The van der Waals surface area contributed by atoms with E-state index in [0.29, 0.717) is 6.10 Å². The van der Waals surface area contributed by atoms with E-state index in [1.54, 1.807) is 7.11 Å². The van der Waals surface area contributed by atoms with Crippen molar-refractivity contribution in [1.29, 1.82) is 0 Å². The van der Waals surface area contributed by atoms with E-state index in [-0.39, 0.29) is 24.0 Å². The normalized spacial score (nSPS) is 17.7. The number of guanidine groups is 1. The molecule has 0 unspecified atom stereocenters. The number of methoxy groups -OCH3 is 1. The van der Waals surface area contributed by atoms with Crippen LogP contribution in [0.4, 0.5) is 0 Å². The van der Waals surface area contributed by atoms with Crippen molar-refractivity contribution in [3.8, 4) is 5.75 Å². The number of hydrogen-bond acceptors (Lipinski definition) is 4. The molecule has 2 fully saturated rings. The van der Waals surface area contributed by atoms with Gasteiger partial charge in [-0.05, 0) is 44.1 Å². The number of hydrogen-bond donors (Lipinski definition) is 1. The number of halogens is 1. The average Bonchev–Trinajstić information content (AvgIpc) is 3.56. The predicted octanol–water partition coefficient (Wildman–Crippen LogP) is 3.69. The molecule has 7 heteroatoms. The second kappa shape index (κ2) is 13.3. The molecule has 1 saturated heterocycles. The minimum Gasteiger partial charge on any atom is -0.493 e. The number of aliphatic imine (C=N–C) groups is 1. The summed E-state index contributed by atoms with van der Waals surface area (Å²) >= 11 is 0. The van der Waals surface area contributed by atoms with Crippen molar-refractivity contribution in [2.45, 2.75) is 44.8 Å². The lowest BCUT2D eigenvalue weighted by molar-refractivity contribution is 0.00989. The topological polar surface area (TPSA) is 55.3 Å². The molecule has 1 heterocycles. The third-order valence-corrected chi connectivity index (χ3v) is 5.38. The van der Waals surface area contributed by atoms with Crippen LogP contribution < -0.4 is 10.1 Å². The molecule has 1 aliphatic carbocycles. The molecule has 1 aromatic carbocycles. The van der Waals surface area contributed by atoms with Gasteiger partial charge in [0.1, 0.15) is 5.75 Å². The molecular weight excluding hydrogens is 481 g/mol. The zero-order valence-corrected chi connectivity index (χ0v) is 20.1.